The van der Waals surface area contributed by atoms with E-state index in [4.69, 9.17) is 0 Å². The van der Waals surface area contributed by atoms with Crippen LogP contribution < -0.4 is 5.32 Å². The van der Waals surface area contributed by atoms with E-state index >= 15 is 0 Å². The normalized spacial score (nSPS) is 26.8. The molecule has 3 unspecified atom stereocenters. The summed E-state index contributed by atoms with van der Waals surface area (Å²) in [7, 11) is 0. The third-order valence-corrected chi connectivity index (χ3v) is 3.52. The Kier molecular flexibility index (Phi) is 5.62. The molecule has 0 aliphatic carbocycles. The molecule has 1 fully saturated rings. The molecule has 15 heavy (non-hydrogen) atoms. The minimum atomic E-state index is 0.663. The second kappa shape index (κ2) is 6.49. The summed E-state index contributed by atoms with van der Waals surface area (Å²) in [5, 5.41) is 3.57. The molecule has 0 aromatic carbocycles. The monoisotopic (exact) mass is 212 g/mol. The van der Waals surface area contributed by atoms with Gasteiger partial charge in [0.05, 0.1) is 0 Å². The number of nitrogens with one attached hydrogen (secondary N) is 1. The van der Waals surface area contributed by atoms with E-state index in [1.807, 2.05) is 0 Å². The van der Waals surface area contributed by atoms with Gasteiger partial charge in [-0.2, -0.15) is 0 Å². The molecule has 1 aliphatic rings. The number of hydrogen-bond donors (Lipinski definition) is 1. The first-order valence-corrected chi connectivity index (χ1v) is 6.61. The Morgan fingerprint density at radius 2 is 2.13 bits per heavy atom. The lowest BCUT2D eigenvalue weighted by atomic mass is 10.1. The Morgan fingerprint density at radius 1 is 1.40 bits per heavy atom. The van der Waals surface area contributed by atoms with Crippen molar-refractivity contribution in [3.63, 3.8) is 0 Å². The van der Waals surface area contributed by atoms with Crippen LogP contribution in [0.3, 0.4) is 0 Å². The third kappa shape index (κ3) is 4.52. The average Bonchev–Trinajstić information content (AvgIpc) is 2.61. The van der Waals surface area contributed by atoms with E-state index in [2.05, 4.69) is 37.9 Å². The van der Waals surface area contributed by atoms with Gasteiger partial charge in [-0.25, -0.2) is 0 Å². The van der Waals surface area contributed by atoms with Gasteiger partial charge in [0.2, 0.25) is 0 Å². The maximum absolute atomic E-state index is 3.57. The average molecular weight is 212 g/mol. The van der Waals surface area contributed by atoms with Crippen LogP contribution in [0.1, 0.15) is 47.0 Å². The van der Waals surface area contributed by atoms with Crippen molar-refractivity contribution in [1.82, 2.24) is 10.2 Å². The van der Waals surface area contributed by atoms with Gasteiger partial charge >= 0.3 is 0 Å². The number of hydrogen-bond acceptors (Lipinski definition) is 2. The molecule has 0 spiro atoms. The van der Waals surface area contributed by atoms with Crippen molar-refractivity contribution >= 4 is 0 Å². The Bertz CT molecular complexity index is 170. The largest absolute Gasteiger partial charge is 0.314 e. The molecule has 3 atom stereocenters. The zero-order chi connectivity index (χ0) is 11.3. The van der Waals surface area contributed by atoms with E-state index in [0.717, 1.165) is 18.5 Å². The maximum Gasteiger partial charge on any atom is 0.00817 e. The van der Waals surface area contributed by atoms with Gasteiger partial charge in [-0.1, -0.05) is 13.8 Å². The number of rotatable bonds is 6. The highest BCUT2D eigenvalue weighted by atomic mass is 15.2. The summed E-state index contributed by atoms with van der Waals surface area (Å²) in [6.45, 7) is 13.1. The van der Waals surface area contributed by atoms with Gasteiger partial charge in [0.15, 0.2) is 0 Å². The van der Waals surface area contributed by atoms with Crippen LogP contribution in [0.2, 0.25) is 0 Å². The number of nitrogens with zero attached hydrogens (tertiary/aromatic N) is 1. The molecule has 2 heteroatoms. The van der Waals surface area contributed by atoms with Crippen LogP contribution in [0, 0.1) is 5.92 Å². The van der Waals surface area contributed by atoms with Gasteiger partial charge in [-0.15, -0.1) is 0 Å². The SMILES string of the molecule is CCCNC(C)CC(C)N1CCC(C)C1. The summed E-state index contributed by atoms with van der Waals surface area (Å²) in [5.41, 5.74) is 0. The van der Waals surface area contributed by atoms with E-state index in [1.54, 1.807) is 0 Å². The minimum absolute atomic E-state index is 0.663. The summed E-state index contributed by atoms with van der Waals surface area (Å²) in [6, 6.07) is 1.41. The van der Waals surface area contributed by atoms with Gasteiger partial charge in [0, 0.05) is 18.6 Å². The van der Waals surface area contributed by atoms with Crippen molar-refractivity contribution in [2.75, 3.05) is 19.6 Å². The molecular formula is C13H28N2. The highest BCUT2D eigenvalue weighted by Gasteiger charge is 2.23. The molecule has 0 aromatic rings. The molecule has 1 aliphatic heterocycles. The van der Waals surface area contributed by atoms with Crippen LogP contribution in [0.15, 0.2) is 0 Å². The van der Waals surface area contributed by atoms with Crippen molar-refractivity contribution in [1.29, 1.82) is 0 Å². The standard InChI is InChI=1S/C13H28N2/c1-5-7-14-12(3)9-13(4)15-8-6-11(2)10-15/h11-14H,5-10H2,1-4H3. The molecule has 1 saturated heterocycles. The number of likely N-dealkylation sites (tertiary alicyclic amines) is 1. The van der Waals surface area contributed by atoms with Gasteiger partial charge in [0.25, 0.3) is 0 Å². The highest BCUT2D eigenvalue weighted by molar-refractivity contribution is 4.79. The molecular weight excluding hydrogens is 184 g/mol. The second-order valence-corrected chi connectivity index (χ2v) is 5.33. The molecule has 1 heterocycles. The molecule has 2 nitrogen and oxygen atoms in total. The van der Waals surface area contributed by atoms with Gasteiger partial charge in [-0.3, -0.25) is 0 Å². The van der Waals surface area contributed by atoms with Crippen molar-refractivity contribution < 1.29 is 0 Å². The molecule has 0 saturated carbocycles. The summed E-state index contributed by atoms with van der Waals surface area (Å²) in [4.78, 5) is 2.65. The first-order chi connectivity index (χ1) is 7.13. The van der Waals surface area contributed by atoms with Gasteiger partial charge in [0.1, 0.15) is 0 Å². The second-order valence-electron chi connectivity index (χ2n) is 5.33. The maximum atomic E-state index is 3.57. The summed E-state index contributed by atoms with van der Waals surface area (Å²) >= 11 is 0. The highest BCUT2D eigenvalue weighted by Crippen LogP contribution is 2.19. The fourth-order valence-corrected chi connectivity index (χ4v) is 2.50. The Balaban J connectivity index is 2.19. The van der Waals surface area contributed by atoms with Crippen LogP contribution in [0.4, 0.5) is 0 Å². The minimum Gasteiger partial charge on any atom is -0.314 e. The van der Waals surface area contributed by atoms with E-state index in [-0.39, 0.29) is 0 Å². The fourth-order valence-electron chi connectivity index (χ4n) is 2.50. The van der Waals surface area contributed by atoms with Crippen LogP contribution in [0.5, 0.6) is 0 Å². The fraction of sp³-hybridized carbons (Fsp3) is 1.00. The molecule has 0 radical (unpaired) electrons. The van der Waals surface area contributed by atoms with Gasteiger partial charge < -0.3 is 10.2 Å². The molecule has 0 aromatic heterocycles. The van der Waals surface area contributed by atoms with E-state index in [0.29, 0.717) is 6.04 Å². The van der Waals surface area contributed by atoms with Crippen molar-refractivity contribution in [3.05, 3.63) is 0 Å². The third-order valence-electron chi connectivity index (χ3n) is 3.52. The smallest absolute Gasteiger partial charge is 0.00817 e. The predicted octanol–water partition coefficient (Wildman–Crippen LogP) is 2.49. The molecule has 0 bridgehead atoms. The van der Waals surface area contributed by atoms with Crippen LogP contribution in [-0.2, 0) is 0 Å². The lowest BCUT2D eigenvalue weighted by Gasteiger charge is -2.27. The van der Waals surface area contributed by atoms with Crippen molar-refractivity contribution in [3.8, 4) is 0 Å². The first kappa shape index (κ1) is 13.0. The quantitative estimate of drug-likeness (QED) is 0.728. The molecule has 90 valence electrons. The van der Waals surface area contributed by atoms with E-state index in [1.165, 1.54) is 32.4 Å². The molecule has 1 rings (SSSR count). The van der Waals surface area contributed by atoms with Crippen LogP contribution in [0.25, 0.3) is 0 Å². The lowest BCUT2D eigenvalue weighted by Crippen LogP contribution is -2.37. The van der Waals surface area contributed by atoms with E-state index < -0.39 is 0 Å². The Hall–Kier alpha value is -0.0800. The predicted molar refractivity (Wildman–Crippen MR) is 67.2 cm³/mol. The lowest BCUT2D eigenvalue weighted by molar-refractivity contribution is 0.224. The van der Waals surface area contributed by atoms with E-state index in [9.17, 15) is 0 Å². The van der Waals surface area contributed by atoms with Crippen molar-refractivity contribution in [2.45, 2.75) is 59.0 Å². The first-order valence-electron chi connectivity index (χ1n) is 6.61. The topological polar surface area (TPSA) is 15.3 Å². The van der Waals surface area contributed by atoms with Crippen LogP contribution >= 0.6 is 0 Å². The Labute approximate surface area is 95.4 Å². The molecule has 0 amide bonds. The Morgan fingerprint density at radius 3 is 2.67 bits per heavy atom. The summed E-state index contributed by atoms with van der Waals surface area (Å²) in [6.07, 6.45) is 3.91. The zero-order valence-electron chi connectivity index (χ0n) is 10.9. The molecule has 1 N–H and O–H groups in total. The van der Waals surface area contributed by atoms with Crippen molar-refractivity contribution in [2.24, 2.45) is 5.92 Å². The summed E-state index contributed by atoms with van der Waals surface area (Å²) in [5.74, 6) is 0.909. The zero-order valence-corrected chi connectivity index (χ0v) is 10.9. The summed E-state index contributed by atoms with van der Waals surface area (Å²) < 4.78 is 0. The van der Waals surface area contributed by atoms with Gasteiger partial charge in [-0.05, 0) is 52.1 Å². The van der Waals surface area contributed by atoms with Crippen LogP contribution in [-0.4, -0.2) is 36.6 Å².